The number of aromatic nitrogens is 3. The third-order valence-electron chi connectivity index (χ3n) is 6.62. The van der Waals surface area contributed by atoms with E-state index in [9.17, 15) is 0 Å². The average molecular weight is 568 g/mol. The third-order valence-corrected chi connectivity index (χ3v) is 6.62. The molecule has 8 nitrogen and oxygen atoms in total. The summed E-state index contributed by atoms with van der Waals surface area (Å²) in [4.78, 5) is 7.04. The summed E-state index contributed by atoms with van der Waals surface area (Å²) in [5.41, 5.74) is 1.30. The van der Waals surface area contributed by atoms with Crippen LogP contribution in [-0.2, 0) is 19.5 Å². The largest absolute Gasteiger partial charge is 0.497 e. The van der Waals surface area contributed by atoms with Crippen molar-refractivity contribution in [2.24, 2.45) is 4.99 Å². The monoisotopic (exact) mass is 567 g/mol. The number of nitrogens with one attached hydrogen (secondary N) is 2. The van der Waals surface area contributed by atoms with Gasteiger partial charge in [0.25, 0.3) is 0 Å². The lowest BCUT2D eigenvalue weighted by Gasteiger charge is -2.35. The van der Waals surface area contributed by atoms with Gasteiger partial charge in [0.1, 0.15) is 11.6 Å². The highest BCUT2D eigenvalue weighted by Crippen LogP contribution is 2.26. The normalized spacial score (nSPS) is 17.9. The van der Waals surface area contributed by atoms with Crippen molar-refractivity contribution < 1.29 is 4.74 Å². The summed E-state index contributed by atoms with van der Waals surface area (Å²) in [7, 11) is 3.53. The molecule has 2 aliphatic rings. The van der Waals surface area contributed by atoms with Crippen molar-refractivity contribution in [1.29, 1.82) is 0 Å². The molecule has 1 fully saturated rings. The van der Waals surface area contributed by atoms with Crippen molar-refractivity contribution >= 4 is 29.9 Å². The number of ether oxygens (including phenoxy) is 1. The Balaban J connectivity index is 0.00000306. The van der Waals surface area contributed by atoms with Crippen LogP contribution in [0.25, 0.3) is 0 Å². The molecule has 2 aliphatic heterocycles. The molecule has 2 aromatic rings. The maximum Gasteiger partial charge on any atom is 0.191 e. The number of rotatable bonds is 7. The van der Waals surface area contributed by atoms with E-state index in [2.05, 4.69) is 59.6 Å². The maximum absolute atomic E-state index is 5.35. The number of likely N-dealkylation sites (tertiary alicyclic amines) is 1. The van der Waals surface area contributed by atoms with Crippen molar-refractivity contribution in [1.82, 2.24) is 30.3 Å². The van der Waals surface area contributed by atoms with Crippen molar-refractivity contribution in [3.8, 4) is 5.75 Å². The van der Waals surface area contributed by atoms with Crippen molar-refractivity contribution in [3.05, 3.63) is 41.5 Å². The van der Waals surface area contributed by atoms with Crippen LogP contribution in [0.1, 0.15) is 61.8 Å². The van der Waals surface area contributed by atoms with E-state index in [1.54, 1.807) is 7.11 Å². The molecule has 33 heavy (non-hydrogen) atoms. The second-order valence-corrected chi connectivity index (χ2v) is 8.69. The van der Waals surface area contributed by atoms with Gasteiger partial charge in [-0.15, -0.1) is 34.2 Å². The van der Waals surface area contributed by atoms with Crippen molar-refractivity contribution in [3.63, 3.8) is 0 Å². The highest BCUT2D eigenvalue weighted by molar-refractivity contribution is 14.0. The molecular weight excluding hydrogens is 529 g/mol. The minimum atomic E-state index is 0. The molecule has 4 rings (SSSR count). The molecule has 1 aromatic carbocycles. The van der Waals surface area contributed by atoms with Crippen LogP contribution in [0, 0.1) is 0 Å². The molecule has 2 N–H and O–H groups in total. The van der Waals surface area contributed by atoms with E-state index in [4.69, 9.17) is 4.74 Å². The van der Waals surface area contributed by atoms with E-state index in [0.717, 1.165) is 56.0 Å². The number of methoxy groups -OCH3 is 1. The molecule has 1 unspecified atom stereocenters. The first-order valence-electron chi connectivity index (χ1n) is 12.0. The lowest BCUT2D eigenvalue weighted by molar-refractivity contribution is 0.164. The first-order chi connectivity index (χ1) is 15.8. The van der Waals surface area contributed by atoms with Gasteiger partial charge in [0.05, 0.1) is 19.7 Å². The number of fused-ring (bicyclic) bond motifs is 1. The van der Waals surface area contributed by atoms with E-state index in [-0.39, 0.29) is 24.0 Å². The van der Waals surface area contributed by atoms with Crippen LogP contribution >= 0.6 is 24.0 Å². The van der Waals surface area contributed by atoms with E-state index in [0.29, 0.717) is 12.6 Å². The summed E-state index contributed by atoms with van der Waals surface area (Å²) in [6.45, 7) is 4.71. The molecule has 9 heteroatoms. The fraction of sp³-hybridized carbons (Fsp3) is 0.625. The second-order valence-electron chi connectivity index (χ2n) is 8.69. The molecule has 0 amide bonds. The number of piperidine rings is 1. The van der Waals surface area contributed by atoms with Crippen LogP contribution in [0.4, 0.5) is 0 Å². The van der Waals surface area contributed by atoms with Crippen molar-refractivity contribution in [2.75, 3.05) is 33.8 Å². The minimum Gasteiger partial charge on any atom is -0.497 e. The molecule has 0 aliphatic carbocycles. The van der Waals surface area contributed by atoms with Gasteiger partial charge in [-0.25, -0.2) is 0 Å². The first kappa shape index (κ1) is 25.7. The molecule has 1 aromatic heterocycles. The van der Waals surface area contributed by atoms with Crippen LogP contribution in [0.5, 0.6) is 5.75 Å². The number of aryl methyl sites for hydroxylation is 1. The van der Waals surface area contributed by atoms with E-state index < -0.39 is 0 Å². The average Bonchev–Trinajstić information content (AvgIpc) is 3.07. The maximum atomic E-state index is 5.35. The number of hydrogen-bond acceptors (Lipinski definition) is 5. The fourth-order valence-corrected chi connectivity index (χ4v) is 4.77. The molecule has 1 atom stereocenters. The molecule has 0 bridgehead atoms. The summed E-state index contributed by atoms with van der Waals surface area (Å²) in [6, 6.07) is 8.76. The number of benzene rings is 1. The predicted octanol–water partition coefficient (Wildman–Crippen LogP) is 3.52. The number of hydrogen-bond donors (Lipinski definition) is 2. The smallest absolute Gasteiger partial charge is 0.191 e. The summed E-state index contributed by atoms with van der Waals surface area (Å²) >= 11 is 0. The van der Waals surface area contributed by atoms with Crippen LogP contribution in [-0.4, -0.2) is 59.4 Å². The van der Waals surface area contributed by atoms with Gasteiger partial charge in [-0.05, 0) is 56.5 Å². The molecule has 1 saturated heterocycles. The summed E-state index contributed by atoms with van der Waals surface area (Å²) in [5.74, 6) is 3.80. The van der Waals surface area contributed by atoms with Gasteiger partial charge in [-0.2, -0.15) is 0 Å². The van der Waals surface area contributed by atoms with E-state index in [1.165, 1.54) is 44.1 Å². The lowest BCUT2D eigenvalue weighted by atomic mass is 10.0. The molecule has 0 spiro atoms. The molecular formula is C24H38IN7O. The Morgan fingerprint density at radius 2 is 1.73 bits per heavy atom. The highest BCUT2D eigenvalue weighted by Gasteiger charge is 2.23. The van der Waals surface area contributed by atoms with Crippen LogP contribution in [0.2, 0.25) is 0 Å². The Morgan fingerprint density at radius 3 is 2.45 bits per heavy atom. The van der Waals surface area contributed by atoms with Gasteiger partial charge in [0.15, 0.2) is 11.8 Å². The van der Waals surface area contributed by atoms with Crippen LogP contribution in [0.15, 0.2) is 29.3 Å². The molecule has 182 valence electrons. The van der Waals surface area contributed by atoms with Crippen molar-refractivity contribution in [2.45, 2.75) is 64.1 Å². The molecule has 0 radical (unpaired) electrons. The molecule has 0 saturated carbocycles. The quantitative estimate of drug-likeness (QED) is 0.303. The van der Waals surface area contributed by atoms with Gasteiger partial charge in [-0.1, -0.05) is 25.0 Å². The fourth-order valence-electron chi connectivity index (χ4n) is 4.77. The predicted molar refractivity (Wildman–Crippen MR) is 142 cm³/mol. The van der Waals surface area contributed by atoms with E-state index in [1.807, 2.05) is 7.05 Å². The Morgan fingerprint density at radius 1 is 1.00 bits per heavy atom. The highest BCUT2D eigenvalue weighted by atomic mass is 127. The Hall–Kier alpha value is -1.88. The molecule has 3 heterocycles. The number of nitrogens with zero attached hydrogens (tertiary/aromatic N) is 5. The Labute approximate surface area is 214 Å². The second kappa shape index (κ2) is 13.1. The number of aliphatic imine (C=N–C) groups is 1. The number of guanidine groups is 1. The van der Waals surface area contributed by atoms with E-state index >= 15 is 0 Å². The lowest BCUT2D eigenvalue weighted by Crippen LogP contribution is -2.44. The zero-order valence-electron chi connectivity index (χ0n) is 19.9. The minimum absolute atomic E-state index is 0. The van der Waals surface area contributed by atoms with Gasteiger partial charge in [0.2, 0.25) is 0 Å². The summed E-state index contributed by atoms with van der Waals surface area (Å²) in [6.07, 6.45) is 8.55. The summed E-state index contributed by atoms with van der Waals surface area (Å²) < 4.78 is 7.63. The Bertz CT molecular complexity index is 877. The summed E-state index contributed by atoms with van der Waals surface area (Å²) in [5, 5.41) is 15.8. The first-order valence-corrected chi connectivity index (χ1v) is 12.0. The topological polar surface area (TPSA) is 79.6 Å². The van der Waals surface area contributed by atoms with Gasteiger partial charge in [-0.3, -0.25) is 9.89 Å². The van der Waals surface area contributed by atoms with Gasteiger partial charge in [0, 0.05) is 26.6 Å². The van der Waals surface area contributed by atoms with Crippen LogP contribution < -0.4 is 15.4 Å². The zero-order chi connectivity index (χ0) is 22.2. The van der Waals surface area contributed by atoms with Gasteiger partial charge >= 0.3 is 0 Å². The SMILES string of the molecule is CN=C(NCc1nnc2n1CCCCC2)NCC(c1ccc(OC)cc1)N1CCCCC1.I. The third kappa shape index (κ3) is 6.81. The Kier molecular flexibility index (Phi) is 10.2. The number of halogens is 1. The standard InChI is InChI=1S/C24H37N7O.HI/c1-25-24(27-18-23-29-28-22-9-5-3-8-16-31(22)23)26-17-21(30-14-6-4-7-15-30)19-10-12-20(32-2)13-11-19;/h10-13,21H,3-9,14-18H2,1-2H3,(H2,25,26,27);1H. The van der Waals surface area contributed by atoms with Gasteiger partial charge < -0.3 is 19.9 Å². The van der Waals surface area contributed by atoms with Crippen LogP contribution in [0.3, 0.4) is 0 Å². The zero-order valence-corrected chi connectivity index (χ0v) is 22.3.